The van der Waals surface area contributed by atoms with E-state index in [1.807, 2.05) is 93.6 Å². The zero-order valence-corrected chi connectivity index (χ0v) is 19.8. The summed E-state index contributed by atoms with van der Waals surface area (Å²) in [4.78, 5) is 13.0. The number of anilines is 1. The van der Waals surface area contributed by atoms with Crippen molar-refractivity contribution in [2.75, 3.05) is 11.9 Å². The van der Waals surface area contributed by atoms with Crippen molar-refractivity contribution < 1.29 is 14.3 Å². The van der Waals surface area contributed by atoms with Gasteiger partial charge in [-0.1, -0.05) is 54.6 Å². The molecule has 0 saturated carbocycles. The third kappa shape index (κ3) is 5.46. The van der Waals surface area contributed by atoms with Crippen LogP contribution in [0.5, 0.6) is 11.5 Å². The monoisotopic (exact) mass is 451 g/mol. The minimum Gasteiger partial charge on any atom is -0.493 e. The van der Waals surface area contributed by atoms with Crippen LogP contribution < -0.4 is 14.8 Å². The average molecular weight is 452 g/mol. The summed E-state index contributed by atoms with van der Waals surface area (Å²) >= 11 is 0. The lowest BCUT2D eigenvalue weighted by molar-refractivity contribution is 0.102. The van der Waals surface area contributed by atoms with Gasteiger partial charge in [0, 0.05) is 16.8 Å². The van der Waals surface area contributed by atoms with Crippen molar-refractivity contribution in [3.8, 4) is 22.6 Å². The first-order valence-corrected chi connectivity index (χ1v) is 11.5. The summed E-state index contributed by atoms with van der Waals surface area (Å²) in [5.74, 6) is 1.31. The lowest BCUT2D eigenvalue weighted by atomic mass is 10.1. The predicted molar refractivity (Wildman–Crippen MR) is 138 cm³/mol. The van der Waals surface area contributed by atoms with Gasteiger partial charge in [-0.25, -0.2) is 0 Å². The Balaban J connectivity index is 1.49. The molecule has 4 rings (SSSR count). The number of nitrogens with one attached hydrogen (secondary N) is 1. The number of carbonyl (C=O) groups is 1. The number of ether oxygens (including phenoxy) is 2. The summed E-state index contributed by atoms with van der Waals surface area (Å²) < 4.78 is 11.8. The number of benzene rings is 4. The Morgan fingerprint density at radius 3 is 2.26 bits per heavy atom. The first-order chi connectivity index (χ1) is 16.5. The van der Waals surface area contributed by atoms with Crippen LogP contribution in [0, 0.1) is 13.8 Å². The molecule has 0 aliphatic heterocycles. The molecule has 0 atom stereocenters. The second-order valence-corrected chi connectivity index (χ2v) is 8.14. The van der Waals surface area contributed by atoms with Crippen LogP contribution in [0.15, 0.2) is 91.0 Å². The molecule has 0 heterocycles. The van der Waals surface area contributed by atoms with Crippen LogP contribution in [-0.4, -0.2) is 12.5 Å². The minimum absolute atomic E-state index is 0.162. The Morgan fingerprint density at radius 1 is 0.794 bits per heavy atom. The molecule has 1 amide bonds. The molecule has 4 heteroatoms. The van der Waals surface area contributed by atoms with Gasteiger partial charge >= 0.3 is 0 Å². The molecule has 0 aliphatic carbocycles. The van der Waals surface area contributed by atoms with Crippen LogP contribution in [0.2, 0.25) is 0 Å². The fraction of sp³-hybridized carbons (Fsp3) is 0.167. The van der Waals surface area contributed by atoms with Gasteiger partial charge in [0.15, 0.2) is 0 Å². The lowest BCUT2D eigenvalue weighted by Crippen LogP contribution is -2.14. The van der Waals surface area contributed by atoms with Gasteiger partial charge in [0.25, 0.3) is 5.91 Å². The highest BCUT2D eigenvalue weighted by Crippen LogP contribution is 2.26. The maximum absolute atomic E-state index is 13.0. The highest BCUT2D eigenvalue weighted by Gasteiger charge is 2.13. The highest BCUT2D eigenvalue weighted by molar-refractivity contribution is 6.05. The van der Waals surface area contributed by atoms with Gasteiger partial charge in [-0.05, 0) is 79.4 Å². The molecule has 0 spiro atoms. The molecule has 4 aromatic carbocycles. The molecular formula is C30H29NO3. The van der Waals surface area contributed by atoms with E-state index in [-0.39, 0.29) is 5.91 Å². The van der Waals surface area contributed by atoms with Crippen LogP contribution in [-0.2, 0) is 6.61 Å². The van der Waals surface area contributed by atoms with Crippen molar-refractivity contribution in [3.05, 3.63) is 113 Å². The van der Waals surface area contributed by atoms with Gasteiger partial charge in [-0.15, -0.1) is 0 Å². The van der Waals surface area contributed by atoms with Crippen LogP contribution in [0.1, 0.15) is 34.0 Å². The second kappa shape index (κ2) is 10.7. The molecule has 34 heavy (non-hydrogen) atoms. The zero-order chi connectivity index (χ0) is 23.9. The molecule has 4 nitrogen and oxygen atoms in total. The van der Waals surface area contributed by atoms with E-state index in [0.717, 1.165) is 39.3 Å². The molecule has 0 aliphatic rings. The van der Waals surface area contributed by atoms with E-state index in [4.69, 9.17) is 9.47 Å². The average Bonchev–Trinajstić information content (AvgIpc) is 2.87. The molecule has 0 unspecified atom stereocenters. The fourth-order valence-corrected chi connectivity index (χ4v) is 3.75. The van der Waals surface area contributed by atoms with E-state index in [2.05, 4.69) is 17.4 Å². The van der Waals surface area contributed by atoms with Crippen molar-refractivity contribution in [2.24, 2.45) is 0 Å². The number of carbonyl (C=O) groups excluding carboxylic acids is 1. The van der Waals surface area contributed by atoms with Gasteiger partial charge in [0.05, 0.1) is 6.61 Å². The maximum Gasteiger partial charge on any atom is 0.255 e. The fourth-order valence-electron chi connectivity index (χ4n) is 3.75. The Hall–Kier alpha value is -4.05. The molecule has 4 aromatic rings. The van der Waals surface area contributed by atoms with E-state index in [1.54, 1.807) is 6.07 Å². The largest absolute Gasteiger partial charge is 0.493 e. The first kappa shape index (κ1) is 23.1. The number of aryl methyl sites for hydroxylation is 1. The van der Waals surface area contributed by atoms with Gasteiger partial charge in [0.1, 0.15) is 18.1 Å². The van der Waals surface area contributed by atoms with Crippen LogP contribution in [0.25, 0.3) is 11.1 Å². The Bertz CT molecular complexity index is 1260. The smallest absolute Gasteiger partial charge is 0.255 e. The molecule has 0 bridgehead atoms. The van der Waals surface area contributed by atoms with Crippen LogP contribution in [0.4, 0.5) is 5.69 Å². The summed E-state index contributed by atoms with van der Waals surface area (Å²) in [6.07, 6.45) is 0. The Labute approximate surface area is 201 Å². The van der Waals surface area contributed by atoms with Gasteiger partial charge < -0.3 is 14.8 Å². The van der Waals surface area contributed by atoms with E-state index in [9.17, 15) is 4.79 Å². The Kier molecular flexibility index (Phi) is 7.28. The number of amides is 1. The quantitative estimate of drug-likeness (QED) is 0.308. The first-order valence-electron chi connectivity index (χ1n) is 11.5. The van der Waals surface area contributed by atoms with E-state index >= 15 is 0 Å². The third-order valence-corrected chi connectivity index (χ3v) is 5.83. The van der Waals surface area contributed by atoms with Crippen LogP contribution >= 0.6 is 0 Å². The zero-order valence-electron chi connectivity index (χ0n) is 19.8. The predicted octanol–water partition coefficient (Wildman–Crippen LogP) is 7.20. The lowest BCUT2D eigenvalue weighted by Gasteiger charge is -2.14. The summed E-state index contributed by atoms with van der Waals surface area (Å²) in [6, 6.07) is 29.6. The summed E-state index contributed by atoms with van der Waals surface area (Å²) in [5, 5.41) is 3.02. The van der Waals surface area contributed by atoms with Gasteiger partial charge in [0.2, 0.25) is 0 Å². The number of rotatable bonds is 8. The highest BCUT2D eigenvalue weighted by atomic mass is 16.5. The Morgan fingerprint density at radius 2 is 1.53 bits per heavy atom. The van der Waals surface area contributed by atoms with Gasteiger partial charge in [-0.2, -0.15) is 0 Å². The maximum atomic E-state index is 13.0. The molecular weight excluding hydrogens is 422 g/mol. The van der Waals surface area contributed by atoms with E-state index in [1.165, 1.54) is 0 Å². The van der Waals surface area contributed by atoms with Crippen molar-refractivity contribution in [3.63, 3.8) is 0 Å². The van der Waals surface area contributed by atoms with E-state index in [0.29, 0.717) is 24.5 Å². The second-order valence-electron chi connectivity index (χ2n) is 8.14. The van der Waals surface area contributed by atoms with E-state index < -0.39 is 0 Å². The molecule has 0 aromatic heterocycles. The van der Waals surface area contributed by atoms with Gasteiger partial charge in [-0.3, -0.25) is 4.79 Å². The molecule has 0 saturated heterocycles. The molecule has 1 N–H and O–H groups in total. The third-order valence-electron chi connectivity index (χ3n) is 5.83. The molecule has 172 valence electrons. The van der Waals surface area contributed by atoms with Crippen molar-refractivity contribution in [1.29, 1.82) is 0 Å². The normalized spacial score (nSPS) is 10.6. The topological polar surface area (TPSA) is 47.6 Å². The number of hydrogen-bond acceptors (Lipinski definition) is 3. The van der Waals surface area contributed by atoms with Crippen LogP contribution in [0.3, 0.4) is 0 Å². The van der Waals surface area contributed by atoms with Crippen molar-refractivity contribution >= 4 is 11.6 Å². The summed E-state index contributed by atoms with van der Waals surface area (Å²) in [7, 11) is 0. The standard InChI is InChI=1S/C30H29NO3/c1-4-33-29-18-15-25(30(32)31-28-12-8-9-21(2)22(28)3)19-26(29)20-34-27-16-13-24(14-17-27)23-10-6-5-7-11-23/h5-19H,4,20H2,1-3H3,(H,31,32). The van der Waals surface area contributed by atoms with Crippen molar-refractivity contribution in [1.82, 2.24) is 0 Å². The number of hydrogen-bond donors (Lipinski definition) is 1. The van der Waals surface area contributed by atoms with Crippen molar-refractivity contribution in [2.45, 2.75) is 27.4 Å². The molecule has 0 fully saturated rings. The minimum atomic E-state index is -0.162. The summed E-state index contributed by atoms with van der Waals surface area (Å²) in [5.41, 5.74) is 6.68. The summed E-state index contributed by atoms with van der Waals surface area (Å²) in [6.45, 7) is 6.81. The SMILES string of the molecule is CCOc1ccc(C(=O)Nc2cccc(C)c2C)cc1COc1ccc(-c2ccccc2)cc1. The molecule has 0 radical (unpaired) electrons.